The Hall–Kier alpha value is -2.62. The first-order valence-corrected chi connectivity index (χ1v) is 9.09. The molecule has 2 aromatic rings. The smallest absolute Gasteiger partial charge is 0.303 e. The molecule has 4 nitrogen and oxygen atoms in total. The molecule has 0 unspecified atom stereocenters. The van der Waals surface area contributed by atoms with Crippen LogP contribution in [0.2, 0.25) is 0 Å². The summed E-state index contributed by atoms with van der Waals surface area (Å²) in [5.41, 5.74) is 3.51. The van der Waals surface area contributed by atoms with E-state index in [1.807, 2.05) is 18.2 Å². The highest BCUT2D eigenvalue weighted by molar-refractivity contribution is 5.80. The number of carboxylic acids is 1. The largest absolute Gasteiger partial charge is 0.481 e. The molecule has 0 fully saturated rings. The third-order valence-electron chi connectivity index (χ3n) is 4.23. The predicted molar refractivity (Wildman–Crippen MR) is 104 cm³/mol. The van der Waals surface area contributed by atoms with Gasteiger partial charge < -0.3 is 10.4 Å². The van der Waals surface area contributed by atoms with Gasteiger partial charge in [0.05, 0.1) is 6.42 Å². The van der Waals surface area contributed by atoms with Crippen molar-refractivity contribution in [1.29, 1.82) is 0 Å². The summed E-state index contributed by atoms with van der Waals surface area (Å²) in [6, 6.07) is 18.6. The van der Waals surface area contributed by atoms with E-state index in [9.17, 15) is 9.59 Å². The normalized spacial score (nSPS) is 12.0. The minimum absolute atomic E-state index is 0.0128. The van der Waals surface area contributed by atoms with Gasteiger partial charge in [-0.15, -0.1) is 0 Å². The average Bonchev–Trinajstić information content (AvgIpc) is 2.61. The van der Waals surface area contributed by atoms with E-state index in [4.69, 9.17) is 5.11 Å². The number of carboxylic acid groups (broad SMARTS) is 1. The lowest BCUT2D eigenvalue weighted by atomic mass is 9.95. The highest BCUT2D eigenvalue weighted by Gasteiger charge is 2.15. The summed E-state index contributed by atoms with van der Waals surface area (Å²) in [5.74, 6) is -0.695. The lowest BCUT2D eigenvalue weighted by Gasteiger charge is -2.21. The Balaban J connectivity index is 2.00. The molecule has 0 aliphatic carbocycles. The Labute approximate surface area is 155 Å². The second-order valence-corrected chi connectivity index (χ2v) is 7.05. The molecule has 0 saturated heterocycles. The van der Waals surface area contributed by atoms with Gasteiger partial charge in [-0.1, -0.05) is 68.4 Å². The summed E-state index contributed by atoms with van der Waals surface area (Å²) in [6.45, 7) is 4.24. The van der Waals surface area contributed by atoms with Gasteiger partial charge in [-0.25, -0.2) is 0 Å². The van der Waals surface area contributed by atoms with Crippen molar-refractivity contribution in [2.75, 3.05) is 0 Å². The zero-order chi connectivity index (χ0) is 18.9. The molecule has 2 N–H and O–H groups in total. The Morgan fingerprint density at radius 1 is 0.923 bits per heavy atom. The predicted octanol–water partition coefficient (Wildman–Crippen LogP) is 4.29. The Morgan fingerprint density at radius 2 is 1.54 bits per heavy atom. The second-order valence-electron chi connectivity index (χ2n) is 7.05. The van der Waals surface area contributed by atoms with Crippen LogP contribution in [0.5, 0.6) is 0 Å². The van der Waals surface area contributed by atoms with Gasteiger partial charge in [-0.3, -0.25) is 9.59 Å². The van der Waals surface area contributed by atoms with Crippen LogP contribution < -0.4 is 5.32 Å². The van der Waals surface area contributed by atoms with E-state index < -0.39 is 5.97 Å². The SMILES string of the molecule is CC(C)C[C@H](Cc1ccc(-c2ccccc2)cc1)NC(=O)CCC(=O)O. The van der Waals surface area contributed by atoms with Crippen molar-refractivity contribution < 1.29 is 14.7 Å². The molecule has 1 amide bonds. The molecule has 0 bridgehead atoms. The topological polar surface area (TPSA) is 66.4 Å². The molecule has 4 heteroatoms. The third kappa shape index (κ3) is 6.71. The number of carbonyl (C=O) groups excluding carboxylic acids is 1. The molecule has 0 aliphatic rings. The molecule has 138 valence electrons. The van der Waals surface area contributed by atoms with Crippen LogP contribution in [0.1, 0.15) is 38.7 Å². The summed E-state index contributed by atoms with van der Waals surface area (Å²) < 4.78 is 0. The summed E-state index contributed by atoms with van der Waals surface area (Å²) >= 11 is 0. The van der Waals surface area contributed by atoms with Crippen molar-refractivity contribution in [2.24, 2.45) is 5.92 Å². The molecule has 0 saturated carbocycles. The number of carbonyl (C=O) groups is 2. The van der Waals surface area contributed by atoms with Crippen molar-refractivity contribution in [3.63, 3.8) is 0 Å². The quantitative estimate of drug-likeness (QED) is 0.707. The highest BCUT2D eigenvalue weighted by Crippen LogP contribution is 2.20. The summed E-state index contributed by atoms with van der Waals surface area (Å²) in [5, 5.41) is 11.7. The van der Waals surface area contributed by atoms with Crippen LogP contribution in [0, 0.1) is 5.92 Å². The van der Waals surface area contributed by atoms with Gasteiger partial charge >= 0.3 is 5.97 Å². The Morgan fingerprint density at radius 3 is 2.12 bits per heavy atom. The second kappa shape index (κ2) is 9.76. The molecule has 1 atom stereocenters. The van der Waals surface area contributed by atoms with Gasteiger partial charge in [0.2, 0.25) is 5.91 Å². The Bertz CT molecular complexity index is 708. The summed E-state index contributed by atoms with van der Waals surface area (Å²) in [4.78, 5) is 22.6. The van der Waals surface area contributed by atoms with E-state index in [1.165, 1.54) is 11.1 Å². The van der Waals surface area contributed by atoms with Gasteiger partial charge in [-0.2, -0.15) is 0 Å². The molecule has 26 heavy (non-hydrogen) atoms. The first kappa shape index (κ1) is 19.7. The molecule has 0 spiro atoms. The van der Waals surface area contributed by atoms with Crippen LogP contribution in [0.3, 0.4) is 0 Å². The Kier molecular flexibility index (Phi) is 7.39. The first-order chi connectivity index (χ1) is 12.4. The van der Waals surface area contributed by atoms with Crippen molar-refractivity contribution in [1.82, 2.24) is 5.32 Å². The molecular weight excluding hydrogens is 326 g/mol. The lowest BCUT2D eigenvalue weighted by molar-refractivity contribution is -0.138. The number of rotatable bonds is 9. The number of nitrogens with one attached hydrogen (secondary N) is 1. The van der Waals surface area contributed by atoms with Crippen LogP contribution in [-0.2, 0) is 16.0 Å². The van der Waals surface area contributed by atoms with E-state index in [2.05, 4.69) is 55.6 Å². The first-order valence-electron chi connectivity index (χ1n) is 9.09. The van der Waals surface area contributed by atoms with Gasteiger partial charge in [-0.05, 0) is 35.4 Å². The molecule has 0 aromatic heterocycles. The standard InChI is InChI=1S/C22H27NO3/c1-16(2)14-20(23-21(24)12-13-22(25)26)15-17-8-10-19(11-9-17)18-6-4-3-5-7-18/h3-11,16,20H,12-15H2,1-2H3,(H,23,24)(H,25,26)/t20-/m1/s1. The fourth-order valence-electron chi connectivity index (χ4n) is 3.03. The monoisotopic (exact) mass is 353 g/mol. The van der Waals surface area contributed by atoms with Crippen LogP contribution in [0.15, 0.2) is 54.6 Å². The van der Waals surface area contributed by atoms with Crippen molar-refractivity contribution >= 4 is 11.9 Å². The molecule has 2 rings (SSSR count). The van der Waals surface area contributed by atoms with E-state index >= 15 is 0 Å². The van der Waals surface area contributed by atoms with E-state index in [1.54, 1.807) is 0 Å². The number of aliphatic carboxylic acids is 1. The maximum Gasteiger partial charge on any atom is 0.303 e. The lowest BCUT2D eigenvalue weighted by Crippen LogP contribution is -2.37. The minimum atomic E-state index is -0.947. The van der Waals surface area contributed by atoms with Gasteiger partial charge in [0.1, 0.15) is 0 Å². The molecule has 0 heterocycles. The van der Waals surface area contributed by atoms with Gasteiger partial charge in [0, 0.05) is 12.5 Å². The summed E-state index contributed by atoms with van der Waals surface area (Å²) in [6.07, 6.45) is 1.49. The zero-order valence-corrected chi connectivity index (χ0v) is 15.4. The van der Waals surface area contributed by atoms with E-state index in [-0.39, 0.29) is 24.8 Å². The number of hydrogen-bond donors (Lipinski definition) is 2. The van der Waals surface area contributed by atoms with Gasteiger partial charge in [0.15, 0.2) is 0 Å². The van der Waals surface area contributed by atoms with Crippen LogP contribution in [0.4, 0.5) is 0 Å². The van der Waals surface area contributed by atoms with Crippen LogP contribution >= 0.6 is 0 Å². The average molecular weight is 353 g/mol. The molecule has 2 aromatic carbocycles. The number of hydrogen-bond acceptors (Lipinski definition) is 2. The maximum absolute atomic E-state index is 12.0. The molecule has 0 aliphatic heterocycles. The van der Waals surface area contributed by atoms with Crippen molar-refractivity contribution in [3.05, 3.63) is 60.2 Å². The van der Waals surface area contributed by atoms with Crippen LogP contribution in [-0.4, -0.2) is 23.0 Å². The number of amides is 1. The third-order valence-corrected chi connectivity index (χ3v) is 4.23. The highest BCUT2D eigenvalue weighted by atomic mass is 16.4. The minimum Gasteiger partial charge on any atom is -0.481 e. The van der Waals surface area contributed by atoms with E-state index in [0.717, 1.165) is 18.4 Å². The van der Waals surface area contributed by atoms with Crippen molar-refractivity contribution in [2.45, 2.75) is 45.6 Å². The fourth-order valence-corrected chi connectivity index (χ4v) is 3.03. The summed E-state index contributed by atoms with van der Waals surface area (Å²) in [7, 11) is 0. The van der Waals surface area contributed by atoms with E-state index in [0.29, 0.717) is 5.92 Å². The fraction of sp³-hybridized carbons (Fsp3) is 0.364. The van der Waals surface area contributed by atoms with Crippen molar-refractivity contribution in [3.8, 4) is 11.1 Å². The maximum atomic E-state index is 12.0. The molecule has 0 radical (unpaired) electrons. The zero-order valence-electron chi connectivity index (χ0n) is 15.4. The van der Waals surface area contributed by atoms with Crippen LogP contribution in [0.25, 0.3) is 11.1 Å². The number of benzene rings is 2. The van der Waals surface area contributed by atoms with Gasteiger partial charge in [0.25, 0.3) is 0 Å². The molecular formula is C22H27NO3.